The molecule has 2 rings (SSSR count). The lowest BCUT2D eigenvalue weighted by molar-refractivity contribution is 0.468. The van der Waals surface area contributed by atoms with Crippen molar-refractivity contribution in [3.05, 3.63) is 40.7 Å². The Morgan fingerprint density at radius 1 is 1.50 bits per heavy atom. The third-order valence-electron chi connectivity index (χ3n) is 1.44. The molecular formula is C9H6O3. The van der Waals surface area contributed by atoms with E-state index < -0.39 is 5.63 Å². The molecule has 12 heavy (non-hydrogen) atoms. The molecule has 1 aromatic carbocycles. The highest BCUT2D eigenvalue weighted by atomic mass is 16.4. The molecule has 1 heterocycles. The van der Waals surface area contributed by atoms with Crippen molar-refractivity contribution in [2.75, 3.05) is 0 Å². The van der Waals surface area contributed by atoms with Crippen LogP contribution >= 0.6 is 0 Å². The van der Waals surface area contributed by atoms with E-state index in [1.165, 1.54) is 6.07 Å². The summed E-state index contributed by atoms with van der Waals surface area (Å²) in [6.07, 6.45) is 0. The van der Waals surface area contributed by atoms with Gasteiger partial charge in [-0.1, -0.05) is 12.1 Å². The highest BCUT2D eigenvalue weighted by Gasteiger charge is 2.01. The second-order valence-electron chi connectivity index (χ2n) is 2.23. The van der Waals surface area contributed by atoms with Crippen molar-refractivity contribution >= 4 is 11.0 Å². The first-order valence-electron chi connectivity index (χ1n) is 4.74. The predicted molar refractivity (Wildman–Crippen MR) is 44.1 cm³/mol. The van der Waals surface area contributed by atoms with Crippen molar-refractivity contribution < 1.29 is 13.6 Å². The van der Waals surface area contributed by atoms with Crippen molar-refractivity contribution in [1.29, 1.82) is 0 Å². The first-order valence-corrected chi connectivity index (χ1v) is 3.24. The average molecular weight is 165 g/mol. The van der Waals surface area contributed by atoms with Gasteiger partial charge >= 0.3 is 5.63 Å². The minimum Gasteiger partial charge on any atom is -0.507 e. The molecule has 1 N–H and O–H groups in total. The maximum atomic E-state index is 10.9. The zero-order chi connectivity index (χ0) is 11.2. The molecular weight excluding hydrogens is 156 g/mol. The van der Waals surface area contributed by atoms with E-state index in [9.17, 15) is 9.90 Å². The van der Waals surface area contributed by atoms with Gasteiger partial charge < -0.3 is 9.52 Å². The quantitative estimate of drug-likeness (QED) is 0.602. The number of para-hydroxylation sites is 1. The van der Waals surface area contributed by atoms with Gasteiger partial charge in [-0.25, -0.2) is 4.79 Å². The van der Waals surface area contributed by atoms with Gasteiger partial charge in [0.25, 0.3) is 0 Å². The zero-order valence-electron chi connectivity index (χ0n) is 8.92. The fourth-order valence-corrected chi connectivity index (χ4v) is 0.924. The third-order valence-corrected chi connectivity index (χ3v) is 1.44. The molecule has 3 heteroatoms. The van der Waals surface area contributed by atoms with Gasteiger partial charge in [-0.15, -0.1) is 0 Å². The molecule has 0 fully saturated rings. The summed E-state index contributed by atoms with van der Waals surface area (Å²) < 4.78 is 26.9. The third kappa shape index (κ3) is 0.955. The van der Waals surface area contributed by atoms with E-state index >= 15 is 0 Å². The minimum atomic E-state index is -0.786. The number of aromatic hydroxyl groups is 1. The van der Waals surface area contributed by atoms with Gasteiger partial charge in [-0.3, -0.25) is 0 Å². The molecule has 2 aromatic rings. The SMILES string of the molecule is [2H]c1cc2c(O)cc(=O)oc2c([2H])c1[2H]. The van der Waals surface area contributed by atoms with Crippen molar-refractivity contribution in [1.82, 2.24) is 0 Å². The predicted octanol–water partition coefficient (Wildman–Crippen LogP) is 1.50. The Morgan fingerprint density at radius 3 is 3.17 bits per heavy atom. The van der Waals surface area contributed by atoms with E-state index in [4.69, 9.17) is 8.53 Å². The standard InChI is InChI=1S/C9H6O3/c10-7-5-9(11)12-8-4-2-1-3-6(7)8/h1-5,10H/i1D,2D,4D. The van der Waals surface area contributed by atoms with Crippen LogP contribution in [0.5, 0.6) is 5.75 Å². The molecule has 1 aromatic heterocycles. The fourth-order valence-electron chi connectivity index (χ4n) is 0.924. The first kappa shape index (κ1) is 4.30. The topological polar surface area (TPSA) is 50.4 Å². The molecule has 60 valence electrons. The maximum Gasteiger partial charge on any atom is 0.339 e. The van der Waals surface area contributed by atoms with Crippen LogP contribution in [0, 0.1) is 0 Å². The molecule has 0 aliphatic carbocycles. The maximum absolute atomic E-state index is 10.9. The summed E-state index contributed by atoms with van der Waals surface area (Å²) in [6, 6.07) is 1.15. The van der Waals surface area contributed by atoms with E-state index in [1.54, 1.807) is 0 Å². The van der Waals surface area contributed by atoms with Crippen molar-refractivity contribution in [3.63, 3.8) is 0 Å². The Balaban J connectivity index is 3.05. The normalized spacial score (nSPS) is 13.8. The van der Waals surface area contributed by atoms with Crippen LogP contribution in [-0.2, 0) is 0 Å². The van der Waals surface area contributed by atoms with E-state index in [0.717, 1.165) is 6.07 Å². The first-order chi connectivity index (χ1) is 7.00. The molecule has 0 radical (unpaired) electrons. The lowest BCUT2D eigenvalue weighted by atomic mass is 10.2. The van der Waals surface area contributed by atoms with Crippen LogP contribution in [0.15, 0.2) is 39.5 Å². The summed E-state index contributed by atoms with van der Waals surface area (Å²) in [5.74, 6) is -0.344. The van der Waals surface area contributed by atoms with Crippen molar-refractivity contribution in [2.24, 2.45) is 0 Å². The molecule has 0 saturated heterocycles. The summed E-state index contributed by atoms with van der Waals surface area (Å²) in [6.45, 7) is 0. The van der Waals surface area contributed by atoms with Gasteiger partial charge in [0.05, 0.1) is 15.6 Å². The van der Waals surface area contributed by atoms with Crippen LogP contribution in [0.3, 0.4) is 0 Å². The molecule has 0 spiro atoms. The number of hydrogen-bond donors (Lipinski definition) is 1. The minimum absolute atomic E-state index is 0.0978. The van der Waals surface area contributed by atoms with Gasteiger partial charge in [0.2, 0.25) is 0 Å². The van der Waals surface area contributed by atoms with Crippen LogP contribution in [0.25, 0.3) is 11.0 Å². The summed E-state index contributed by atoms with van der Waals surface area (Å²) in [4.78, 5) is 10.9. The van der Waals surface area contributed by atoms with Crippen molar-refractivity contribution in [2.45, 2.75) is 0 Å². The number of benzene rings is 1. The average Bonchev–Trinajstić information content (AvgIpc) is 2.17. The molecule has 0 aliphatic rings. The Bertz CT molecular complexity index is 604. The zero-order valence-corrected chi connectivity index (χ0v) is 5.92. The molecule has 0 saturated carbocycles. The molecule has 0 unspecified atom stereocenters. The Morgan fingerprint density at radius 2 is 2.33 bits per heavy atom. The second kappa shape index (κ2) is 2.37. The Hall–Kier alpha value is -1.77. The van der Waals surface area contributed by atoms with Gasteiger partial charge in [0.1, 0.15) is 11.3 Å². The summed E-state index contributed by atoms with van der Waals surface area (Å²) in [5, 5.41) is 9.50. The lowest BCUT2D eigenvalue weighted by Gasteiger charge is -1.96. The van der Waals surface area contributed by atoms with Crippen LogP contribution in [0.4, 0.5) is 0 Å². The van der Waals surface area contributed by atoms with E-state index in [0.29, 0.717) is 0 Å². The van der Waals surface area contributed by atoms with E-state index in [1.807, 2.05) is 0 Å². The van der Waals surface area contributed by atoms with E-state index in [2.05, 4.69) is 0 Å². The van der Waals surface area contributed by atoms with Crippen LogP contribution in [-0.4, -0.2) is 5.11 Å². The highest BCUT2D eigenvalue weighted by Crippen LogP contribution is 2.20. The largest absolute Gasteiger partial charge is 0.507 e. The smallest absolute Gasteiger partial charge is 0.339 e. The fraction of sp³-hybridized carbons (Fsp3) is 0. The highest BCUT2D eigenvalue weighted by molar-refractivity contribution is 5.82. The second-order valence-corrected chi connectivity index (χ2v) is 2.23. The van der Waals surface area contributed by atoms with E-state index in [-0.39, 0.29) is 34.8 Å². The molecule has 0 amide bonds. The summed E-state index contributed by atoms with van der Waals surface area (Å²) in [7, 11) is 0. The number of fused-ring (bicyclic) bond motifs is 1. The summed E-state index contributed by atoms with van der Waals surface area (Å²) >= 11 is 0. The van der Waals surface area contributed by atoms with Gasteiger partial charge in [-0.2, -0.15) is 0 Å². The number of rotatable bonds is 0. The Labute approximate surface area is 72.1 Å². The lowest BCUT2D eigenvalue weighted by Crippen LogP contribution is -1.94. The van der Waals surface area contributed by atoms with Gasteiger partial charge in [0.15, 0.2) is 0 Å². The van der Waals surface area contributed by atoms with Gasteiger partial charge in [-0.05, 0) is 12.1 Å². The van der Waals surface area contributed by atoms with Crippen molar-refractivity contribution in [3.8, 4) is 5.75 Å². The van der Waals surface area contributed by atoms with Crippen LogP contribution in [0.2, 0.25) is 0 Å². The Kier molecular flexibility index (Phi) is 0.851. The molecule has 0 aliphatic heterocycles. The van der Waals surface area contributed by atoms with Gasteiger partial charge in [0, 0.05) is 0 Å². The molecule has 0 atom stereocenters. The summed E-state index contributed by atoms with van der Waals surface area (Å²) in [5.41, 5.74) is -0.952. The monoisotopic (exact) mass is 165 g/mol. The number of hydrogen-bond acceptors (Lipinski definition) is 3. The van der Waals surface area contributed by atoms with Crippen LogP contribution < -0.4 is 5.63 Å². The molecule has 0 bridgehead atoms. The van der Waals surface area contributed by atoms with Crippen LogP contribution in [0.1, 0.15) is 4.11 Å². The molecule has 3 nitrogen and oxygen atoms in total.